The number of benzene rings is 1. The van der Waals surface area contributed by atoms with Gasteiger partial charge in [-0.15, -0.1) is 0 Å². The molecule has 0 aromatic heterocycles. The van der Waals surface area contributed by atoms with Crippen molar-refractivity contribution in [2.24, 2.45) is 0 Å². The van der Waals surface area contributed by atoms with Crippen molar-refractivity contribution in [2.75, 3.05) is 0 Å². The van der Waals surface area contributed by atoms with Crippen LogP contribution in [0, 0.1) is 0 Å². The Balaban J connectivity index is 0.00000128. The first-order valence-electron chi connectivity index (χ1n) is 3.66. The van der Waals surface area contributed by atoms with E-state index in [0.29, 0.717) is 0 Å². The maximum atomic E-state index is 11.3. The molecule has 0 atom stereocenters. The number of halogens is 4. The first-order valence-corrected chi connectivity index (χ1v) is 5.18. The van der Waals surface area contributed by atoms with Crippen molar-refractivity contribution in [1.82, 2.24) is 5.32 Å². The van der Waals surface area contributed by atoms with Gasteiger partial charge >= 0.3 is 51.4 Å². The van der Waals surface area contributed by atoms with E-state index < -0.39 is 11.8 Å². The number of amides is 2. The molecular formula is C8H2Cl4KNO2. The van der Waals surface area contributed by atoms with E-state index in [1.807, 2.05) is 0 Å². The Labute approximate surface area is 153 Å². The van der Waals surface area contributed by atoms with Gasteiger partial charge in [0, 0.05) is 0 Å². The van der Waals surface area contributed by atoms with Crippen LogP contribution >= 0.6 is 46.4 Å². The molecule has 1 N–H and O–H groups in total. The fourth-order valence-electron chi connectivity index (χ4n) is 1.29. The minimum atomic E-state index is -0.625. The van der Waals surface area contributed by atoms with Gasteiger partial charge in [-0.1, -0.05) is 46.4 Å². The van der Waals surface area contributed by atoms with Crippen LogP contribution in [0.1, 0.15) is 20.7 Å². The third-order valence-electron chi connectivity index (χ3n) is 1.95. The molecule has 80 valence electrons. The Bertz CT molecular complexity index is 472. The maximum absolute atomic E-state index is 11.3. The van der Waals surface area contributed by atoms with Crippen LogP contribution in [0.2, 0.25) is 20.1 Å². The van der Waals surface area contributed by atoms with Crippen LogP contribution < -0.4 is 5.32 Å². The van der Waals surface area contributed by atoms with Crippen LogP contribution in [0.25, 0.3) is 0 Å². The zero-order valence-corrected chi connectivity index (χ0v) is 9.85. The van der Waals surface area contributed by atoms with Gasteiger partial charge in [-0.05, 0) is 0 Å². The molecule has 2 rings (SSSR count). The SMILES string of the molecule is O=C1NC(=O)c2c(Cl)c(Cl)c(Cl)c(Cl)c21.[KH]. The molecule has 0 saturated carbocycles. The molecular weight excluding hydrogens is 323 g/mol. The van der Waals surface area contributed by atoms with Crippen molar-refractivity contribution < 1.29 is 9.59 Å². The van der Waals surface area contributed by atoms with E-state index in [2.05, 4.69) is 5.32 Å². The topological polar surface area (TPSA) is 46.2 Å². The van der Waals surface area contributed by atoms with Crippen LogP contribution in [0.15, 0.2) is 0 Å². The molecule has 16 heavy (non-hydrogen) atoms. The van der Waals surface area contributed by atoms with Gasteiger partial charge < -0.3 is 0 Å². The van der Waals surface area contributed by atoms with Crippen LogP contribution in [-0.4, -0.2) is 63.2 Å². The van der Waals surface area contributed by atoms with Crippen molar-refractivity contribution in [2.45, 2.75) is 0 Å². The summed E-state index contributed by atoms with van der Waals surface area (Å²) in [5.41, 5.74) is -0.0536. The molecule has 0 saturated heterocycles. The predicted octanol–water partition coefficient (Wildman–Crippen LogP) is 2.54. The van der Waals surface area contributed by atoms with Crippen molar-refractivity contribution in [1.29, 1.82) is 0 Å². The molecule has 0 bridgehead atoms. The van der Waals surface area contributed by atoms with Gasteiger partial charge in [0.2, 0.25) is 0 Å². The predicted molar refractivity (Wildman–Crippen MR) is 65.4 cm³/mol. The van der Waals surface area contributed by atoms with E-state index in [9.17, 15) is 9.59 Å². The number of carbonyl (C=O) groups excluding carboxylic acids is 2. The summed E-state index contributed by atoms with van der Waals surface area (Å²) in [4.78, 5) is 22.7. The summed E-state index contributed by atoms with van der Waals surface area (Å²) in [6, 6.07) is 0. The summed E-state index contributed by atoms with van der Waals surface area (Å²) >= 11 is 23.1. The number of carbonyl (C=O) groups is 2. The molecule has 1 aromatic rings. The molecule has 2 amide bonds. The molecule has 1 heterocycles. The number of nitrogens with one attached hydrogen (secondary N) is 1. The summed E-state index contributed by atoms with van der Waals surface area (Å²) in [7, 11) is 0. The molecule has 1 aliphatic rings. The molecule has 0 spiro atoms. The summed E-state index contributed by atoms with van der Waals surface area (Å²) in [5, 5.41) is 1.85. The minimum absolute atomic E-state index is 0. The summed E-state index contributed by atoms with van der Waals surface area (Å²) in [5.74, 6) is -1.25. The van der Waals surface area contributed by atoms with Crippen molar-refractivity contribution in [3.8, 4) is 0 Å². The molecule has 8 heteroatoms. The average molecular weight is 325 g/mol. The zero-order chi connectivity index (χ0) is 11.3. The van der Waals surface area contributed by atoms with Gasteiger partial charge in [-0.25, -0.2) is 0 Å². The van der Waals surface area contributed by atoms with Crippen molar-refractivity contribution in [3.63, 3.8) is 0 Å². The fraction of sp³-hybridized carbons (Fsp3) is 0. The Morgan fingerprint density at radius 1 is 0.688 bits per heavy atom. The number of hydrogen-bond donors (Lipinski definition) is 1. The van der Waals surface area contributed by atoms with Crippen LogP contribution in [-0.2, 0) is 0 Å². The Hall–Kier alpha value is 1.16. The first kappa shape index (κ1) is 15.2. The summed E-state index contributed by atoms with van der Waals surface area (Å²) in [6.45, 7) is 0. The van der Waals surface area contributed by atoms with E-state index in [1.165, 1.54) is 0 Å². The van der Waals surface area contributed by atoms with Gasteiger partial charge in [0.1, 0.15) is 0 Å². The van der Waals surface area contributed by atoms with Crippen LogP contribution in [0.4, 0.5) is 0 Å². The zero-order valence-electron chi connectivity index (χ0n) is 6.83. The van der Waals surface area contributed by atoms with Gasteiger partial charge in [0.25, 0.3) is 11.8 Å². The second-order valence-electron chi connectivity index (χ2n) is 2.79. The van der Waals surface area contributed by atoms with E-state index in [0.717, 1.165) is 0 Å². The van der Waals surface area contributed by atoms with Crippen molar-refractivity contribution in [3.05, 3.63) is 31.2 Å². The van der Waals surface area contributed by atoms with E-state index in [4.69, 9.17) is 46.4 Å². The molecule has 1 aromatic carbocycles. The summed E-state index contributed by atoms with van der Waals surface area (Å²) < 4.78 is 0. The Morgan fingerprint density at radius 3 is 1.31 bits per heavy atom. The number of imide groups is 1. The second kappa shape index (κ2) is 5.42. The molecule has 0 unspecified atom stereocenters. The quantitative estimate of drug-likeness (QED) is 0.345. The van der Waals surface area contributed by atoms with E-state index in [1.54, 1.807) is 0 Å². The second-order valence-corrected chi connectivity index (χ2v) is 4.30. The van der Waals surface area contributed by atoms with Crippen molar-refractivity contribution >= 4 is 110 Å². The monoisotopic (exact) mass is 323 g/mol. The fourth-order valence-corrected chi connectivity index (χ4v) is 2.31. The van der Waals surface area contributed by atoms with Gasteiger partial charge in [0.15, 0.2) is 0 Å². The standard InChI is InChI=1S/C8HCl4NO2.K.H/c9-3-1-2(8(15)13-7(1)14)4(10)6(12)5(3)11;;/h(H,13,14,15);;. The molecule has 0 fully saturated rings. The number of hydrogen-bond acceptors (Lipinski definition) is 2. The normalized spacial score (nSPS) is 13.2. The van der Waals surface area contributed by atoms with E-state index >= 15 is 0 Å². The van der Waals surface area contributed by atoms with Gasteiger partial charge in [-0.3, -0.25) is 14.9 Å². The number of fused-ring (bicyclic) bond motifs is 1. The van der Waals surface area contributed by atoms with Gasteiger partial charge in [-0.2, -0.15) is 0 Å². The average Bonchev–Trinajstić information content (AvgIpc) is 2.47. The van der Waals surface area contributed by atoms with Gasteiger partial charge in [0.05, 0.1) is 31.2 Å². The number of rotatable bonds is 0. The van der Waals surface area contributed by atoms with Crippen LogP contribution in [0.5, 0.6) is 0 Å². The first-order chi connectivity index (χ1) is 6.95. The molecule has 3 nitrogen and oxygen atoms in total. The molecule has 0 aliphatic carbocycles. The van der Waals surface area contributed by atoms with Crippen LogP contribution in [0.3, 0.4) is 0 Å². The summed E-state index contributed by atoms with van der Waals surface area (Å²) in [6.07, 6.45) is 0. The Kier molecular flexibility index (Phi) is 5.16. The molecule has 1 aliphatic heterocycles. The third kappa shape index (κ3) is 2.20. The Morgan fingerprint density at radius 2 is 1.00 bits per heavy atom. The molecule has 0 radical (unpaired) electrons. The third-order valence-corrected chi connectivity index (χ3v) is 3.75. The van der Waals surface area contributed by atoms with E-state index in [-0.39, 0.29) is 82.6 Å².